The third-order valence-corrected chi connectivity index (χ3v) is 4.39. The summed E-state index contributed by atoms with van der Waals surface area (Å²) in [5.74, 6) is -1.22. The minimum atomic E-state index is -0.887. The lowest BCUT2D eigenvalue weighted by atomic mass is 9.95. The Balaban J connectivity index is 0.00000220. The van der Waals surface area contributed by atoms with Crippen LogP contribution in [-0.2, 0) is 4.79 Å². The fourth-order valence-corrected chi connectivity index (χ4v) is 2.92. The summed E-state index contributed by atoms with van der Waals surface area (Å²) >= 11 is 1.21. The predicted octanol–water partition coefficient (Wildman–Crippen LogP) is 2.59. The highest BCUT2D eigenvalue weighted by molar-refractivity contribution is 8.00. The van der Waals surface area contributed by atoms with E-state index in [9.17, 15) is 13.6 Å². The van der Waals surface area contributed by atoms with Crippen molar-refractivity contribution in [3.8, 4) is 0 Å². The molecule has 0 bridgehead atoms. The Morgan fingerprint density at radius 1 is 1.43 bits per heavy atom. The van der Waals surface area contributed by atoms with Crippen LogP contribution < -0.4 is 10.6 Å². The lowest BCUT2D eigenvalue weighted by Crippen LogP contribution is -2.48. The number of nitrogens with one attached hydrogen (secondary N) is 2. The van der Waals surface area contributed by atoms with Crippen molar-refractivity contribution in [2.45, 2.75) is 24.3 Å². The van der Waals surface area contributed by atoms with Gasteiger partial charge in [0.1, 0.15) is 0 Å². The molecule has 1 aromatic carbocycles. The van der Waals surface area contributed by atoms with Crippen molar-refractivity contribution >= 4 is 30.1 Å². The Hall–Kier alpha value is -0.850. The molecule has 1 heterocycles. The molecule has 3 nitrogen and oxygen atoms in total. The Morgan fingerprint density at radius 2 is 2.19 bits per heavy atom. The van der Waals surface area contributed by atoms with E-state index in [1.54, 1.807) is 0 Å². The van der Waals surface area contributed by atoms with E-state index in [1.165, 1.54) is 17.8 Å². The second-order valence-electron chi connectivity index (χ2n) is 5.01. The van der Waals surface area contributed by atoms with E-state index in [2.05, 4.69) is 17.6 Å². The second-order valence-corrected chi connectivity index (χ2v) is 6.06. The van der Waals surface area contributed by atoms with Gasteiger partial charge in [0.25, 0.3) is 0 Å². The van der Waals surface area contributed by atoms with Crippen LogP contribution in [0.1, 0.15) is 13.3 Å². The standard InChI is InChI=1S/C14H18F2N2OS.ClH/c1-9-7-17-5-4-13(9)18-14(19)8-20-10-2-3-11(15)12(16)6-10;/h2-3,6,9,13,17H,4-5,7-8H2,1H3,(H,18,19);1H. The first kappa shape index (κ1) is 18.2. The van der Waals surface area contributed by atoms with E-state index >= 15 is 0 Å². The zero-order valence-corrected chi connectivity index (χ0v) is 13.3. The van der Waals surface area contributed by atoms with Gasteiger partial charge in [0, 0.05) is 10.9 Å². The number of carbonyl (C=O) groups excluding carboxylic acids is 1. The molecule has 2 rings (SSSR count). The highest BCUT2D eigenvalue weighted by Crippen LogP contribution is 2.20. The smallest absolute Gasteiger partial charge is 0.230 e. The zero-order chi connectivity index (χ0) is 14.5. The van der Waals surface area contributed by atoms with E-state index in [0.29, 0.717) is 10.8 Å². The number of amides is 1. The first-order chi connectivity index (χ1) is 9.56. The molecule has 2 unspecified atom stereocenters. The highest BCUT2D eigenvalue weighted by atomic mass is 35.5. The van der Waals surface area contributed by atoms with Gasteiger partial charge in [-0.3, -0.25) is 4.79 Å². The Morgan fingerprint density at radius 3 is 2.86 bits per heavy atom. The molecule has 0 radical (unpaired) electrons. The topological polar surface area (TPSA) is 41.1 Å². The lowest BCUT2D eigenvalue weighted by Gasteiger charge is -2.30. The van der Waals surface area contributed by atoms with Crippen molar-refractivity contribution in [2.24, 2.45) is 5.92 Å². The molecule has 0 saturated carbocycles. The van der Waals surface area contributed by atoms with Crippen molar-refractivity contribution in [1.82, 2.24) is 10.6 Å². The Bertz CT molecular complexity index is 490. The molecule has 2 atom stereocenters. The molecular formula is C14H19ClF2N2OS. The molecule has 7 heteroatoms. The molecule has 1 fully saturated rings. The number of piperidine rings is 1. The summed E-state index contributed by atoms with van der Waals surface area (Å²) in [6.07, 6.45) is 0.919. The predicted molar refractivity (Wildman–Crippen MR) is 82.9 cm³/mol. The van der Waals surface area contributed by atoms with Crippen LogP contribution >= 0.6 is 24.2 Å². The zero-order valence-electron chi connectivity index (χ0n) is 11.7. The summed E-state index contributed by atoms with van der Waals surface area (Å²) in [4.78, 5) is 12.4. The van der Waals surface area contributed by atoms with Gasteiger partial charge < -0.3 is 10.6 Å². The van der Waals surface area contributed by atoms with E-state index in [0.717, 1.165) is 31.6 Å². The van der Waals surface area contributed by atoms with Crippen molar-refractivity contribution in [2.75, 3.05) is 18.8 Å². The number of hydrogen-bond donors (Lipinski definition) is 2. The minimum absolute atomic E-state index is 0. The molecule has 1 amide bonds. The molecule has 1 aromatic rings. The van der Waals surface area contributed by atoms with Gasteiger partial charge in [-0.1, -0.05) is 6.92 Å². The van der Waals surface area contributed by atoms with Gasteiger partial charge in [-0.25, -0.2) is 8.78 Å². The summed E-state index contributed by atoms with van der Waals surface area (Å²) in [7, 11) is 0. The first-order valence-electron chi connectivity index (χ1n) is 6.64. The number of benzene rings is 1. The van der Waals surface area contributed by atoms with Crippen molar-refractivity contribution in [3.05, 3.63) is 29.8 Å². The number of halogens is 3. The number of hydrogen-bond acceptors (Lipinski definition) is 3. The number of thioether (sulfide) groups is 1. The normalized spacial score (nSPS) is 21.5. The fraction of sp³-hybridized carbons (Fsp3) is 0.500. The molecule has 2 N–H and O–H groups in total. The van der Waals surface area contributed by atoms with E-state index in [1.807, 2.05) is 0 Å². The van der Waals surface area contributed by atoms with Crippen LogP contribution in [0.5, 0.6) is 0 Å². The Kier molecular flexibility index (Phi) is 7.42. The number of carbonyl (C=O) groups is 1. The first-order valence-corrected chi connectivity index (χ1v) is 7.63. The molecular weight excluding hydrogens is 318 g/mol. The van der Waals surface area contributed by atoms with Crippen LogP contribution in [0.4, 0.5) is 8.78 Å². The SMILES string of the molecule is CC1CNCCC1NC(=O)CSc1ccc(F)c(F)c1.Cl. The minimum Gasteiger partial charge on any atom is -0.352 e. The molecule has 1 saturated heterocycles. The maximum absolute atomic E-state index is 13.0. The molecule has 1 aliphatic heterocycles. The van der Waals surface area contributed by atoms with Gasteiger partial charge in [-0.05, 0) is 43.6 Å². The lowest BCUT2D eigenvalue weighted by molar-refractivity contribution is -0.119. The maximum Gasteiger partial charge on any atom is 0.230 e. The highest BCUT2D eigenvalue weighted by Gasteiger charge is 2.22. The van der Waals surface area contributed by atoms with Crippen LogP contribution in [0.15, 0.2) is 23.1 Å². The van der Waals surface area contributed by atoms with Gasteiger partial charge in [-0.15, -0.1) is 24.2 Å². The van der Waals surface area contributed by atoms with Crippen molar-refractivity contribution in [3.63, 3.8) is 0 Å². The third kappa shape index (κ3) is 5.45. The van der Waals surface area contributed by atoms with E-state index in [-0.39, 0.29) is 30.1 Å². The molecule has 0 aromatic heterocycles. The number of rotatable bonds is 4. The van der Waals surface area contributed by atoms with Gasteiger partial charge in [-0.2, -0.15) is 0 Å². The fourth-order valence-electron chi connectivity index (χ4n) is 2.19. The summed E-state index contributed by atoms with van der Waals surface area (Å²) in [6, 6.07) is 3.85. The van der Waals surface area contributed by atoms with Crippen molar-refractivity contribution < 1.29 is 13.6 Å². The molecule has 118 valence electrons. The molecule has 0 spiro atoms. The van der Waals surface area contributed by atoms with Gasteiger partial charge in [0.15, 0.2) is 11.6 Å². The second kappa shape index (κ2) is 8.56. The van der Waals surface area contributed by atoms with Crippen LogP contribution in [0.2, 0.25) is 0 Å². The third-order valence-electron chi connectivity index (χ3n) is 3.39. The monoisotopic (exact) mass is 336 g/mol. The van der Waals surface area contributed by atoms with Crippen LogP contribution in [-0.4, -0.2) is 30.8 Å². The Labute approximate surface area is 133 Å². The summed E-state index contributed by atoms with van der Waals surface area (Å²) in [5, 5.41) is 6.27. The van der Waals surface area contributed by atoms with Gasteiger partial charge in [0.05, 0.1) is 5.75 Å². The van der Waals surface area contributed by atoms with E-state index < -0.39 is 11.6 Å². The summed E-state index contributed by atoms with van der Waals surface area (Å²) < 4.78 is 25.8. The maximum atomic E-state index is 13.0. The largest absolute Gasteiger partial charge is 0.352 e. The quantitative estimate of drug-likeness (QED) is 0.830. The summed E-state index contributed by atoms with van der Waals surface area (Å²) in [6.45, 7) is 3.91. The van der Waals surface area contributed by atoms with Crippen LogP contribution in [0.25, 0.3) is 0 Å². The average Bonchev–Trinajstić information content (AvgIpc) is 2.43. The van der Waals surface area contributed by atoms with Crippen LogP contribution in [0.3, 0.4) is 0 Å². The molecule has 21 heavy (non-hydrogen) atoms. The van der Waals surface area contributed by atoms with Crippen LogP contribution in [0, 0.1) is 17.6 Å². The van der Waals surface area contributed by atoms with Gasteiger partial charge >= 0.3 is 0 Å². The van der Waals surface area contributed by atoms with E-state index in [4.69, 9.17) is 0 Å². The molecule has 1 aliphatic rings. The average molecular weight is 337 g/mol. The summed E-state index contributed by atoms with van der Waals surface area (Å²) in [5.41, 5.74) is 0. The molecule has 0 aliphatic carbocycles. The van der Waals surface area contributed by atoms with Crippen molar-refractivity contribution in [1.29, 1.82) is 0 Å². The van der Waals surface area contributed by atoms with Gasteiger partial charge in [0.2, 0.25) is 5.91 Å².